The Morgan fingerprint density at radius 3 is 2.62 bits per heavy atom. The molecule has 2 aromatic rings. The van der Waals surface area contributed by atoms with E-state index in [1.165, 1.54) is 10.4 Å². The van der Waals surface area contributed by atoms with E-state index in [1.807, 2.05) is 31.6 Å². The predicted molar refractivity (Wildman–Crippen MR) is 86.1 cm³/mol. The molecule has 1 aromatic heterocycles. The Hall–Kier alpha value is -1.43. The third kappa shape index (κ3) is 5.46. The second kappa shape index (κ2) is 8.77. The molecule has 0 aliphatic rings. The molecule has 0 saturated carbocycles. The first-order chi connectivity index (χ1) is 10.3. The van der Waals surface area contributed by atoms with Crippen molar-refractivity contribution in [2.45, 2.75) is 19.9 Å². The summed E-state index contributed by atoms with van der Waals surface area (Å²) in [5.41, 5.74) is 4.24. The van der Waals surface area contributed by atoms with Crippen molar-refractivity contribution in [3.05, 3.63) is 45.9 Å². The molecule has 5 heteroatoms. The lowest BCUT2D eigenvalue weighted by Crippen LogP contribution is -2.09. The fraction of sp³-hybridized carbons (Fsp3) is 0.438. The van der Waals surface area contributed by atoms with Crippen LogP contribution in [-0.2, 0) is 17.7 Å². The molecule has 0 atom stereocenters. The third-order valence-electron chi connectivity index (χ3n) is 3.12. The highest BCUT2D eigenvalue weighted by molar-refractivity contribution is 7.09. The topological polar surface area (TPSA) is 43.4 Å². The van der Waals surface area contributed by atoms with E-state index in [9.17, 15) is 0 Å². The molecule has 114 valence electrons. The minimum Gasteiger partial charge on any atom is -0.491 e. The molecule has 21 heavy (non-hydrogen) atoms. The van der Waals surface area contributed by atoms with Crippen LogP contribution in [0.1, 0.15) is 16.1 Å². The Bertz CT molecular complexity index is 525. The number of aryl methyl sites for hydroxylation is 1. The van der Waals surface area contributed by atoms with Crippen LogP contribution in [0.4, 0.5) is 0 Å². The van der Waals surface area contributed by atoms with Crippen LogP contribution >= 0.6 is 11.3 Å². The zero-order valence-electron chi connectivity index (χ0n) is 12.6. The van der Waals surface area contributed by atoms with E-state index in [-0.39, 0.29) is 0 Å². The van der Waals surface area contributed by atoms with Crippen LogP contribution in [0, 0.1) is 6.92 Å². The van der Waals surface area contributed by atoms with E-state index < -0.39 is 0 Å². The maximum Gasteiger partial charge on any atom is 0.119 e. The first kappa shape index (κ1) is 15.9. The number of ether oxygens (including phenoxy) is 2. The maximum absolute atomic E-state index is 5.64. The van der Waals surface area contributed by atoms with E-state index in [4.69, 9.17) is 9.47 Å². The second-order valence-electron chi connectivity index (χ2n) is 4.75. The molecular weight excluding hydrogens is 284 g/mol. The van der Waals surface area contributed by atoms with Crippen molar-refractivity contribution in [2.24, 2.45) is 0 Å². The molecule has 0 amide bonds. The summed E-state index contributed by atoms with van der Waals surface area (Å²) in [6, 6.07) is 8.12. The average molecular weight is 306 g/mol. The van der Waals surface area contributed by atoms with Gasteiger partial charge in [-0.3, -0.25) is 0 Å². The summed E-state index contributed by atoms with van der Waals surface area (Å²) < 4.78 is 11.2. The maximum atomic E-state index is 5.64. The number of hydrogen-bond acceptors (Lipinski definition) is 5. The average Bonchev–Trinajstić information content (AvgIpc) is 2.90. The normalized spacial score (nSPS) is 10.8. The lowest BCUT2D eigenvalue weighted by molar-refractivity contribution is 0.103. The molecule has 0 fully saturated rings. The van der Waals surface area contributed by atoms with Crippen LogP contribution in [-0.4, -0.2) is 31.9 Å². The van der Waals surface area contributed by atoms with Gasteiger partial charge in [-0.15, -0.1) is 11.3 Å². The summed E-state index contributed by atoms with van der Waals surface area (Å²) in [5, 5.41) is 3.12. The summed E-state index contributed by atoms with van der Waals surface area (Å²) in [4.78, 5) is 5.53. The monoisotopic (exact) mass is 306 g/mol. The summed E-state index contributed by atoms with van der Waals surface area (Å²) in [6.07, 6.45) is 0.926. The highest BCUT2D eigenvalue weighted by Gasteiger charge is 2.01. The lowest BCUT2D eigenvalue weighted by atomic mass is 10.2. The molecule has 0 unspecified atom stereocenters. The quantitative estimate of drug-likeness (QED) is 0.724. The van der Waals surface area contributed by atoms with E-state index in [1.54, 1.807) is 11.3 Å². The number of benzene rings is 1. The Kier molecular flexibility index (Phi) is 6.66. The zero-order chi connectivity index (χ0) is 14.9. The summed E-state index contributed by atoms with van der Waals surface area (Å²) >= 11 is 1.69. The van der Waals surface area contributed by atoms with Crippen LogP contribution in [0.3, 0.4) is 0 Å². The molecule has 0 aliphatic carbocycles. The smallest absolute Gasteiger partial charge is 0.119 e. The largest absolute Gasteiger partial charge is 0.491 e. The minimum absolute atomic E-state index is 0.576. The van der Waals surface area contributed by atoms with Crippen LogP contribution in [0.2, 0.25) is 0 Å². The van der Waals surface area contributed by atoms with Gasteiger partial charge < -0.3 is 14.8 Å². The molecule has 1 heterocycles. The molecular formula is C16H22N2O2S. The summed E-state index contributed by atoms with van der Waals surface area (Å²) in [7, 11) is 1.94. The molecule has 2 rings (SSSR count). The van der Waals surface area contributed by atoms with Gasteiger partial charge in [-0.25, -0.2) is 4.98 Å². The van der Waals surface area contributed by atoms with Crippen molar-refractivity contribution in [3.63, 3.8) is 0 Å². The Labute approximate surface area is 130 Å². The van der Waals surface area contributed by atoms with Gasteiger partial charge in [-0.2, -0.15) is 0 Å². The Morgan fingerprint density at radius 1 is 1.14 bits per heavy atom. The fourth-order valence-corrected chi connectivity index (χ4v) is 2.72. The number of thiazole rings is 1. The van der Waals surface area contributed by atoms with Gasteiger partial charge in [0.25, 0.3) is 0 Å². The minimum atomic E-state index is 0.576. The summed E-state index contributed by atoms with van der Waals surface area (Å²) in [5.74, 6) is 0.886. The van der Waals surface area contributed by atoms with Crippen LogP contribution in [0.25, 0.3) is 0 Å². The van der Waals surface area contributed by atoms with E-state index in [2.05, 4.69) is 22.4 Å². The van der Waals surface area contributed by atoms with Gasteiger partial charge in [0, 0.05) is 17.8 Å². The molecule has 0 spiro atoms. The van der Waals surface area contributed by atoms with Crippen LogP contribution < -0.4 is 10.1 Å². The van der Waals surface area contributed by atoms with Crippen LogP contribution in [0.15, 0.2) is 29.8 Å². The third-order valence-corrected chi connectivity index (χ3v) is 4.11. The number of aromatic nitrogens is 1. The van der Waals surface area contributed by atoms with E-state index in [0.29, 0.717) is 19.8 Å². The van der Waals surface area contributed by atoms with Crippen molar-refractivity contribution in [1.29, 1.82) is 0 Å². The predicted octanol–water partition coefficient (Wildman–Crippen LogP) is 2.81. The van der Waals surface area contributed by atoms with Gasteiger partial charge in [-0.1, -0.05) is 12.1 Å². The molecule has 0 saturated heterocycles. The number of nitrogens with zero attached hydrogens (tertiary/aromatic N) is 1. The lowest BCUT2D eigenvalue weighted by Gasteiger charge is -2.08. The van der Waals surface area contributed by atoms with Gasteiger partial charge in [0.05, 0.1) is 24.4 Å². The number of nitrogens with one attached hydrogen (secondary N) is 1. The first-order valence-electron chi connectivity index (χ1n) is 7.12. The Balaban J connectivity index is 1.58. The fourth-order valence-electron chi connectivity index (χ4n) is 1.96. The SMILES string of the molecule is CNCc1ccc(OCCOCCc2scnc2C)cc1. The zero-order valence-corrected chi connectivity index (χ0v) is 13.4. The first-order valence-corrected chi connectivity index (χ1v) is 8.00. The van der Waals surface area contributed by atoms with Gasteiger partial charge in [-0.05, 0) is 31.7 Å². The number of hydrogen-bond donors (Lipinski definition) is 1. The van der Waals surface area contributed by atoms with Crippen LogP contribution in [0.5, 0.6) is 5.75 Å². The highest BCUT2D eigenvalue weighted by atomic mass is 32.1. The van der Waals surface area contributed by atoms with Gasteiger partial charge in [0.2, 0.25) is 0 Å². The molecule has 1 N–H and O–H groups in total. The van der Waals surface area contributed by atoms with Crippen molar-refractivity contribution in [1.82, 2.24) is 10.3 Å². The van der Waals surface area contributed by atoms with Crippen molar-refractivity contribution in [3.8, 4) is 5.75 Å². The second-order valence-corrected chi connectivity index (χ2v) is 5.69. The molecule has 0 aliphatic heterocycles. The molecule has 0 radical (unpaired) electrons. The van der Waals surface area contributed by atoms with E-state index in [0.717, 1.165) is 24.4 Å². The van der Waals surface area contributed by atoms with Gasteiger partial charge >= 0.3 is 0 Å². The number of rotatable bonds is 9. The van der Waals surface area contributed by atoms with Crippen molar-refractivity contribution >= 4 is 11.3 Å². The summed E-state index contributed by atoms with van der Waals surface area (Å²) in [6.45, 7) is 4.81. The van der Waals surface area contributed by atoms with E-state index >= 15 is 0 Å². The van der Waals surface area contributed by atoms with Gasteiger partial charge in [0.15, 0.2) is 0 Å². The highest BCUT2D eigenvalue weighted by Crippen LogP contribution is 2.13. The molecule has 1 aromatic carbocycles. The molecule has 4 nitrogen and oxygen atoms in total. The van der Waals surface area contributed by atoms with Crippen molar-refractivity contribution in [2.75, 3.05) is 26.9 Å². The molecule has 0 bridgehead atoms. The van der Waals surface area contributed by atoms with Gasteiger partial charge in [0.1, 0.15) is 12.4 Å². The van der Waals surface area contributed by atoms with Crippen molar-refractivity contribution < 1.29 is 9.47 Å². The standard InChI is InChI=1S/C16H22N2O2S/c1-13-16(21-12-18-13)7-8-19-9-10-20-15-5-3-14(4-6-15)11-17-2/h3-6,12,17H,7-11H2,1-2H3. The Morgan fingerprint density at radius 2 is 1.95 bits per heavy atom.